The van der Waals surface area contributed by atoms with E-state index < -0.39 is 0 Å². The van der Waals surface area contributed by atoms with Crippen molar-refractivity contribution in [2.75, 3.05) is 12.4 Å². The minimum absolute atomic E-state index is 0.0225. The summed E-state index contributed by atoms with van der Waals surface area (Å²) in [5, 5.41) is 4.10. The summed E-state index contributed by atoms with van der Waals surface area (Å²) in [5.41, 5.74) is 2.11. The lowest BCUT2D eigenvalue weighted by Gasteiger charge is -2.15. The van der Waals surface area contributed by atoms with Gasteiger partial charge in [-0.2, -0.15) is 0 Å². The van der Waals surface area contributed by atoms with E-state index >= 15 is 0 Å². The van der Waals surface area contributed by atoms with Crippen molar-refractivity contribution in [3.63, 3.8) is 0 Å². The third kappa shape index (κ3) is 3.15. The zero-order valence-corrected chi connectivity index (χ0v) is 14.8. The second-order valence-corrected chi connectivity index (χ2v) is 6.23. The van der Waals surface area contributed by atoms with E-state index in [1.54, 1.807) is 25.3 Å². The number of aromatic nitrogens is 1. The van der Waals surface area contributed by atoms with Gasteiger partial charge in [-0.05, 0) is 36.4 Å². The molecule has 0 fully saturated rings. The van der Waals surface area contributed by atoms with E-state index in [-0.39, 0.29) is 17.9 Å². The number of carbonyl (C=O) groups excluding carboxylic acids is 1. The van der Waals surface area contributed by atoms with E-state index in [2.05, 4.69) is 5.32 Å². The average Bonchev–Trinajstić information content (AvgIpc) is 2.71. The molecule has 1 heterocycles. The molecule has 5 heteroatoms. The lowest BCUT2D eigenvalue weighted by Crippen LogP contribution is -2.21. The SMILES string of the molecule is COc1cccc(NC(=O)Cn2c3ccccc3c(=O)c3ccccc32)c1. The van der Waals surface area contributed by atoms with E-state index in [0.717, 1.165) is 11.0 Å². The van der Waals surface area contributed by atoms with Crippen LogP contribution in [0.4, 0.5) is 5.69 Å². The summed E-state index contributed by atoms with van der Waals surface area (Å²) in [5.74, 6) is 0.495. The van der Waals surface area contributed by atoms with Crippen LogP contribution in [-0.4, -0.2) is 17.6 Å². The summed E-state index contributed by atoms with van der Waals surface area (Å²) in [6.07, 6.45) is 0. The topological polar surface area (TPSA) is 60.3 Å². The van der Waals surface area contributed by atoms with Crippen LogP contribution in [0.2, 0.25) is 0 Å². The summed E-state index contributed by atoms with van der Waals surface area (Å²) in [6, 6.07) is 21.9. The van der Waals surface area contributed by atoms with Crippen LogP contribution >= 0.6 is 0 Å². The molecule has 1 amide bonds. The first kappa shape index (κ1) is 16.8. The minimum atomic E-state index is -0.179. The highest BCUT2D eigenvalue weighted by atomic mass is 16.5. The molecule has 27 heavy (non-hydrogen) atoms. The molecule has 4 aromatic rings. The molecule has 0 spiro atoms. The standard InChI is InChI=1S/C22H18N2O3/c1-27-16-8-6-7-15(13-16)23-21(25)14-24-19-11-4-2-9-17(19)22(26)18-10-3-5-12-20(18)24/h2-13H,14H2,1H3,(H,23,25). The lowest BCUT2D eigenvalue weighted by atomic mass is 10.1. The summed E-state index contributed by atoms with van der Waals surface area (Å²) < 4.78 is 7.07. The fraction of sp³-hybridized carbons (Fsp3) is 0.0909. The maximum Gasteiger partial charge on any atom is 0.244 e. The van der Waals surface area contributed by atoms with Gasteiger partial charge in [-0.3, -0.25) is 9.59 Å². The van der Waals surface area contributed by atoms with Crippen LogP contribution in [0.5, 0.6) is 5.75 Å². The number of methoxy groups -OCH3 is 1. The molecule has 0 aliphatic heterocycles. The zero-order chi connectivity index (χ0) is 18.8. The van der Waals surface area contributed by atoms with Crippen molar-refractivity contribution in [2.45, 2.75) is 6.54 Å². The lowest BCUT2D eigenvalue weighted by molar-refractivity contribution is -0.116. The van der Waals surface area contributed by atoms with Gasteiger partial charge >= 0.3 is 0 Å². The van der Waals surface area contributed by atoms with Gasteiger partial charge in [-0.1, -0.05) is 30.3 Å². The Bertz CT molecular complexity index is 1150. The Morgan fingerprint density at radius 3 is 2.19 bits per heavy atom. The number of amides is 1. The normalized spacial score (nSPS) is 10.9. The van der Waals surface area contributed by atoms with Crippen molar-refractivity contribution in [3.8, 4) is 5.75 Å². The van der Waals surface area contributed by atoms with Gasteiger partial charge in [0.1, 0.15) is 12.3 Å². The molecule has 0 bridgehead atoms. The maximum absolute atomic E-state index is 12.8. The van der Waals surface area contributed by atoms with E-state index in [4.69, 9.17) is 4.74 Å². The van der Waals surface area contributed by atoms with Crippen LogP contribution < -0.4 is 15.5 Å². The van der Waals surface area contributed by atoms with Crippen LogP contribution in [0, 0.1) is 0 Å². The molecule has 0 aliphatic rings. The fourth-order valence-electron chi connectivity index (χ4n) is 3.29. The molecule has 0 atom stereocenters. The van der Waals surface area contributed by atoms with Crippen molar-refractivity contribution < 1.29 is 9.53 Å². The van der Waals surface area contributed by atoms with Crippen molar-refractivity contribution in [3.05, 3.63) is 83.0 Å². The monoisotopic (exact) mass is 358 g/mol. The predicted molar refractivity (Wildman–Crippen MR) is 107 cm³/mol. The predicted octanol–water partition coefficient (Wildman–Crippen LogP) is 3.80. The Kier molecular flexibility index (Phi) is 4.34. The molecule has 0 saturated heterocycles. The van der Waals surface area contributed by atoms with Crippen molar-refractivity contribution in [1.82, 2.24) is 4.57 Å². The van der Waals surface area contributed by atoms with Crippen LogP contribution in [0.3, 0.4) is 0 Å². The van der Waals surface area contributed by atoms with Gasteiger partial charge in [0, 0.05) is 22.5 Å². The van der Waals surface area contributed by atoms with Crippen LogP contribution in [0.1, 0.15) is 0 Å². The second kappa shape index (κ2) is 6.96. The third-order valence-corrected chi connectivity index (χ3v) is 4.53. The highest BCUT2D eigenvalue weighted by Gasteiger charge is 2.13. The Morgan fingerprint density at radius 2 is 1.56 bits per heavy atom. The molecular weight excluding hydrogens is 340 g/mol. The number of para-hydroxylation sites is 2. The number of ether oxygens (including phenoxy) is 1. The van der Waals surface area contributed by atoms with E-state index in [1.807, 2.05) is 59.2 Å². The largest absolute Gasteiger partial charge is 0.497 e. The first-order chi connectivity index (χ1) is 13.2. The molecule has 3 aromatic carbocycles. The number of benzene rings is 3. The molecule has 4 rings (SSSR count). The summed E-state index contributed by atoms with van der Waals surface area (Å²) >= 11 is 0. The van der Waals surface area contributed by atoms with Crippen molar-refractivity contribution in [2.24, 2.45) is 0 Å². The first-order valence-electron chi connectivity index (χ1n) is 8.61. The number of pyridine rings is 1. The summed E-state index contributed by atoms with van der Waals surface area (Å²) in [6.45, 7) is 0.0958. The van der Waals surface area contributed by atoms with Gasteiger partial charge in [0.2, 0.25) is 5.91 Å². The Hall–Kier alpha value is -3.60. The van der Waals surface area contributed by atoms with Crippen LogP contribution in [0.25, 0.3) is 21.8 Å². The van der Waals surface area contributed by atoms with Crippen LogP contribution in [-0.2, 0) is 11.3 Å². The highest BCUT2D eigenvalue weighted by Crippen LogP contribution is 2.20. The number of hydrogen-bond donors (Lipinski definition) is 1. The number of carbonyl (C=O) groups is 1. The zero-order valence-electron chi connectivity index (χ0n) is 14.8. The van der Waals surface area contributed by atoms with Crippen LogP contribution in [0.15, 0.2) is 77.6 Å². The molecule has 134 valence electrons. The van der Waals surface area contributed by atoms with Crippen molar-refractivity contribution in [1.29, 1.82) is 0 Å². The molecular formula is C22H18N2O3. The van der Waals surface area contributed by atoms with Gasteiger partial charge in [0.25, 0.3) is 0 Å². The average molecular weight is 358 g/mol. The molecule has 0 radical (unpaired) electrons. The molecule has 0 aliphatic carbocycles. The number of hydrogen-bond acceptors (Lipinski definition) is 3. The summed E-state index contributed by atoms with van der Waals surface area (Å²) in [7, 11) is 1.58. The Morgan fingerprint density at radius 1 is 0.926 bits per heavy atom. The van der Waals surface area contributed by atoms with Gasteiger partial charge < -0.3 is 14.6 Å². The van der Waals surface area contributed by atoms with Gasteiger partial charge in [-0.25, -0.2) is 0 Å². The molecule has 0 unspecified atom stereocenters. The molecule has 0 saturated carbocycles. The number of anilines is 1. The third-order valence-electron chi connectivity index (χ3n) is 4.53. The maximum atomic E-state index is 12.8. The smallest absolute Gasteiger partial charge is 0.244 e. The minimum Gasteiger partial charge on any atom is -0.497 e. The van der Waals surface area contributed by atoms with Gasteiger partial charge in [-0.15, -0.1) is 0 Å². The molecule has 1 aromatic heterocycles. The molecule has 1 N–H and O–H groups in total. The van der Waals surface area contributed by atoms with E-state index in [0.29, 0.717) is 22.2 Å². The Balaban J connectivity index is 1.77. The summed E-state index contributed by atoms with van der Waals surface area (Å²) in [4.78, 5) is 25.5. The second-order valence-electron chi connectivity index (χ2n) is 6.23. The fourth-order valence-corrected chi connectivity index (χ4v) is 3.29. The number of nitrogens with zero attached hydrogens (tertiary/aromatic N) is 1. The number of fused-ring (bicyclic) bond motifs is 2. The first-order valence-corrected chi connectivity index (χ1v) is 8.61. The van der Waals surface area contributed by atoms with E-state index in [9.17, 15) is 9.59 Å². The van der Waals surface area contributed by atoms with Crippen molar-refractivity contribution >= 4 is 33.4 Å². The van der Waals surface area contributed by atoms with Gasteiger partial charge in [0.05, 0.1) is 18.1 Å². The quantitative estimate of drug-likeness (QED) is 0.565. The molecule has 5 nitrogen and oxygen atoms in total. The van der Waals surface area contributed by atoms with E-state index in [1.165, 1.54) is 0 Å². The highest BCUT2D eigenvalue weighted by molar-refractivity contribution is 5.97. The Labute approximate surface area is 155 Å². The number of rotatable bonds is 4. The van der Waals surface area contributed by atoms with Gasteiger partial charge in [0.15, 0.2) is 5.43 Å². The number of nitrogens with one attached hydrogen (secondary N) is 1.